The van der Waals surface area contributed by atoms with Gasteiger partial charge in [0, 0.05) is 16.6 Å². The van der Waals surface area contributed by atoms with Crippen molar-refractivity contribution in [2.75, 3.05) is 19.5 Å². The van der Waals surface area contributed by atoms with Gasteiger partial charge in [-0.1, -0.05) is 60.7 Å². The molecule has 1 N–H and O–H groups in total. The number of hydrogen-bond acceptors (Lipinski definition) is 3. The highest BCUT2D eigenvalue weighted by Crippen LogP contribution is 2.31. The summed E-state index contributed by atoms with van der Waals surface area (Å²) in [6.45, 7) is 0.191. The molecule has 2 rings (SSSR count). The van der Waals surface area contributed by atoms with E-state index in [1.807, 2.05) is 42.5 Å². The molecule has 21 heavy (non-hydrogen) atoms. The van der Waals surface area contributed by atoms with Gasteiger partial charge in [0.1, 0.15) is 5.75 Å². The number of methoxy groups -OCH3 is 1. The molecular formula is C18H20O2S. The summed E-state index contributed by atoms with van der Waals surface area (Å²) < 4.78 is 5.37. The first-order chi connectivity index (χ1) is 10.3. The van der Waals surface area contributed by atoms with Gasteiger partial charge >= 0.3 is 0 Å². The van der Waals surface area contributed by atoms with E-state index in [2.05, 4.69) is 24.3 Å². The average molecular weight is 300 g/mol. The Morgan fingerprint density at radius 1 is 1.10 bits per heavy atom. The van der Waals surface area contributed by atoms with Crippen molar-refractivity contribution in [3.63, 3.8) is 0 Å². The molecule has 2 aromatic carbocycles. The molecule has 2 nitrogen and oxygen atoms in total. The summed E-state index contributed by atoms with van der Waals surface area (Å²) in [6, 6.07) is 18.3. The van der Waals surface area contributed by atoms with E-state index >= 15 is 0 Å². The Labute approximate surface area is 130 Å². The molecule has 0 bridgehead atoms. The normalized spacial score (nSPS) is 12.5. The average Bonchev–Trinajstić information content (AvgIpc) is 2.56. The Hall–Kier alpha value is -1.71. The van der Waals surface area contributed by atoms with Gasteiger partial charge in [0.2, 0.25) is 0 Å². The van der Waals surface area contributed by atoms with Crippen LogP contribution in [0.3, 0.4) is 0 Å². The molecule has 0 heterocycles. The second kappa shape index (κ2) is 8.55. The molecule has 2 aromatic rings. The highest BCUT2D eigenvalue weighted by molar-refractivity contribution is 7.99. The Morgan fingerprint density at radius 2 is 1.81 bits per heavy atom. The molecule has 0 radical (unpaired) electrons. The van der Waals surface area contributed by atoms with Crippen molar-refractivity contribution >= 4 is 17.8 Å². The maximum atomic E-state index is 9.06. The van der Waals surface area contributed by atoms with Crippen LogP contribution in [0.25, 0.3) is 6.08 Å². The quantitative estimate of drug-likeness (QED) is 0.832. The Morgan fingerprint density at radius 3 is 2.52 bits per heavy atom. The zero-order valence-corrected chi connectivity index (χ0v) is 12.9. The van der Waals surface area contributed by atoms with Crippen molar-refractivity contribution in [2.24, 2.45) is 0 Å². The molecular weight excluding hydrogens is 280 g/mol. The third-order valence-corrected chi connectivity index (χ3v) is 4.31. The van der Waals surface area contributed by atoms with Gasteiger partial charge in [0.15, 0.2) is 0 Å². The minimum atomic E-state index is 0.191. The number of thioether (sulfide) groups is 1. The fourth-order valence-corrected chi connectivity index (χ4v) is 2.98. The van der Waals surface area contributed by atoms with E-state index in [1.165, 1.54) is 5.56 Å². The lowest BCUT2D eigenvalue weighted by Crippen LogP contribution is -1.95. The number of hydrogen-bond donors (Lipinski definition) is 1. The molecule has 0 spiro atoms. The second-order valence-corrected chi connectivity index (χ2v) is 5.78. The number of benzene rings is 2. The summed E-state index contributed by atoms with van der Waals surface area (Å²) in [6.07, 6.45) is 4.24. The van der Waals surface area contributed by atoms with Crippen molar-refractivity contribution in [3.05, 3.63) is 71.8 Å². The van der Waals surface area contributed by atoms with Crippen LogP contribution in [-0.2, 0) is 0 Å². The minimum Gasteiger partial charge on any atom is -0.496 e. The molecule has 1 unspecified atom stereocenters. The van der Waals surface area contributed by atoms with Gasteiger partial charge < -0.3 is 9.84 Å². The first-order valence-corrected chi connectivity index (χ1v) is 7.98. The Kier molecular flexibility index (Phi) is 6.38. The molecule has 0 aliphatic rings. The number of aliphatic hydroxyl groups excluding tert-OH is 1. The van der Waals surface area contributed by atoms with Gasteiger partial charge in [-0.15, -0.1) is 11.8 Å². The Bertz CT molecular complexity index is 566. The standard InChI is InChI=1S/C18H20O2S/c1-20-17-10-6-5-7-15(17)11-12-18(21-14-13-19)16-8-3-2-4-9-16/h2-12,18-19H,13-14H2,1H3/b12-11+. The molecule has 1 atom stereocenters. The van der Waals surface area contributed by atoms with Crippen LogP contribution in [0.15, 0.2) is 60.7 Å². The van der Waals surface area contributed by atoms with Crippen LogP contribution >= 0.6 is 11.8 Å². The molecule has 110 valence electrons. The first kappa shape index (κ1) is 15.7. The third-order valence-electron chi connectivity index (χ3n) is 3.11. The van der Waals surface area contributed by atoms with E-state index in [0.717, 1.165) is 17.1 Å². The van der Waals surface area contributed by atoms with E-state index in [9.17, 15) is 0 Å². The molecule has 0 saturated carbocycles. The van der Waals surface area contributed by atoms with E-state index < -0.39 is 0 Å². The minimum absolute atomic E-state index is 0.191. The molecule has 0 aromatic heterocycles. The first-order valence-electron chi connectivity index (χ1n) is 6.94. The van der Waals surface area contributed by atoms with Crippen molar-refractivity contribution in [1.29, 1.82) is 0 Å². The summed E-state index contributed by atoms with van der Waals surface area (Å²) in [4.78, 5) is 0. The molecule has 0 aliphatic heterocycles. The molecule has 3 heteroatoms. The molecule has 0 amide bonds. The smallest absolute Gasteiger partial charge is 0.126 e. The second-order valence-electron chi connectivity index (χ2n) is 4.53. The highest BCUT2D eigenvalue weighted by Gasteiger charge is 2.08. The lowest BCUT2D eigenvalue weighted by atomic mass is 10.1. The number of ether oxygens (including phenoxy) is 1. The number of para-hydroxylation sites is 1. The largest absolute Gasteiger partial charge is 0.496 e. The third kappa shape index (κ3) is 4.66. The summed E-state index contributed by atoms with van der Waals surface area (Å²) in [5.74, 6) is 1.59. The van der Waals surface area contributed by atoms with Gasteiger partial charge in [-0.2, -0.15) is 0 Å². The van der Waals surface area contributed by atoms with Crippen LogP contribution < -0.4 is 4.74 Å². The van der Waals surface area contributed by atoms with Gasteiger partial charge in [0.05, 0.1) is 13.7 Å². The molecule has 0 aliphatic carbocycles. The van der Waals surface area contributed by atoms with Crippen LogP contribution in [-0.4, -0.2) is 24.6 Å². The monoisotopic (exact) mass is 300 g/mol. The van der Waals surface area contributed by atoms with Gasteiger partial charge in [-0.25, -0.2) is 0 Å². The molecule has 0 fully saturated rings. The molecule has 0 saturated heterocycles. The zero-order chi connectivity index (χ0) is 14.9. The van der Waals surface area contributed by atoms with Crippen LogP contribution in [0.5, 0.6) is 5.75 Å². The number of aliphatic hydroxyl groups is 1. The van der Waals surface area contributed by atoms with E-state index in [0.29, 0.717) is 0 Å². The van der Waals surface area contributed by atoms with Crippen molar-refractivity contribution in [2.45, 2.75) is 5.25 Å². The van der Waals surface area contributed by atoms with Crippen molar-refractivity contribution in [1.82, 2.24) is 0 Å². The van der Waals surface area contributed by atoms with Gasteiger partial charge in [-0.3, -0.25) is 0 Å². The van der Waals surface area contributed by atoms with Crippen LogP contribution in [0, 0.1) is 0 Å². The highest BCUT2D eigenvalue weighted by atomic mass is 32.2. The van der Waals surface area contributed by atoms with Gasteiger partial charge in [0.25, 0.3) is 0 Å². The SMILES string of the molecule is COc1ccccc1/C=C/C(SCCO)c1ccccc1. The van der Waals surface area contributed by atoms with Crippen LogP contribution in [0.4, 0.5) is 0 Å². The lowest BCUT2D eigenvalue weighted by molar-refractivity contribution is 0.322. The maximum absolute atomic E-state index is 9.06. The predicted molar refractivity (Wildman–Crippen MR) is 90.8 cm³/mol. The Balaban J connectivity index is 2.20. The summed E-state index contributed by atoms with van der Waals surface area (Å²) in [5.41, 5.74) is 2.30. The predicted octanol–water partition coefficient (Wildman–Crippen LogP) is 4.18. The summed E-state index contributed by atoms with van der Waals surface area (Å²) in [7, 11) is 1.68. The van der Waals surface area contributed by atoms with Crippen LogP contribution in [0.2, 0.25) is 0 Å². The van der Waals surface area contributed by atoms with E-state index in [1.54, 1.807) is 18.9 Å². The zero-order valence-electron chi connectivity index (χ0n) is 12.1. The topological polar surface area (TPSA) is 29.5 Å². The maximum Gasteiger partial charge on any atom is 0.126 e. The summed E-state index contributed by atoms with van der Waals surface area (Å²) in [5, 5.41) is 9.29. The van der Waals surface area contributed by atoms with Crippen molar-refractivity contribution in [3.8, 4) is 5.75 Å². The van der Waals surface area contributed by atoms with E-state index in [4.69, 9.17) is 9.84 Å². The van der Waals surface area contributed by atoms with Gasteiger partial charge in [-0.05, 0) is 11.6 Å². The lowest BCUT2D eigenvalue weighted by Gasteiger charge is -2.12. The summed E-state index contributed by atoms with van der Waals surface area (Å²) >= 11 is 1.73. The van der Waals surface area contributed by atoms with Crippen LogP contribution in [0.1, 0.15) is 16.4 Å². The fourth-order valence-electron chi connectivity index (χ4n) is 2.08. The number of rotatable bonds is 7. The van der Waals surface area contributed by atoms with E-state index in [-0.39, 0.29) is 11.9 Å². The van der Waals surface area contributed by atoms with Crippen molar-refractivity contribution < 1.29 is 9.84 Å². The fraction of sp³-hybridized carbons (Fsp3) is 0.222.